The Balaban J connectivity index is 1.98. The van der Waals surface area contributed by atoms with Gasteiger partial charge in [0.1, 0.15) is 5.76 Å². The zero-order valence-corrected chi connectivity index (χ0v) is 12.4. The molecule has 0 spiro atoms. The molecule has 0 aliphatic carbocycles. The molecule has 0 radical (unpaired) electrons. The lowest BCUT2D eigenvalue weighted by Gasteiger charge is -2.12. The summed E-state index contributed by atoms with van der Waals surface area (Å²) in [5, 5.41) is 0. The van der Waals surface area contributed by atoms with E-state index in [1.165, 1.54) is 16.0 Å². The first kappa shape index (κ1) is 14.2. The summed E-state index contributed by atoms with van der Waals surface area (Å²) in [6.45, 7) is 4.29. The van der Waals surface area contributed by atoms with Gasteiger partial charge in [0.15, 0.2) is 0 Å². The van der Waals surface area contributed by atoms with Crippen LogP contribution in [0, 0.1) is 6.92 Å². The van der Waals surface area contributed by atoms with Gasteiger partial charge in [-0.25, -0.2) is 0 Å². The maximum atomic E-state index is 6.02. The number of rotatable bonds is 6. The number of hydrogen-bond acceptors (Lipinski definition) is 3. The monoisotopic (exact) mass is 275 g/mol. The minimum Gasteiger partial charge on any atom is -0.468 e. The van der Waals surface area contributed by atoms with Gasteiger partial charge in [-0.3, -0.25) is 0 Å². The first-order valence-electron chi connectivity index (χ1n) is 6.69. The summed E-state index contributed by atoms with van der Waals surface area (Å²) in [5.41, 5.74) is 8.70. The van der Waals surface area contributed by atoms with E-state index in [1.54, 1.807) is 18.0 Å². The predicted octanol–water partition coefficient (Wildman–Crippen LogP) is 4.16. The Bertz CT molecular complexity index is 507. The fraction of sp³-hybridized carbons (Fsp3) is 0.375. The molecule has 102 valence electrons. The second-order valence-electron chi connectivity index (χ2n) is 4.83. The molecule has 2 rings (SSSR count). The van der Waals surface area contributed by atoms with Crippen LogP contribution in [0.2, 0.25) is 0 Å². The molecule has 0 amide bonds. The van der Waals surface area contributed by atoms with Crippen molar-refractivity contribution in [1.29, 1.82) is 0 Å². The van der Waals surface area contributed by atoms with Gasteiger partial charge < -0.3 is 10.2 Å². The van der Waals surface area contributed by atoms with Crippen molar-refractivity contribution in [2.75, 3.05) is 0 Å². The van der Waals surface area contributed by atoms with Crippen molar-refractivity contribution >= 4 is 11.8 Å². The van der Waals surface area contributed by atoms with E-state index in [2.05, 4.69) is 32.0 Å². The molecular weight excluding hydrogens is 254 g/mol. The molecule has 0 bridgehead atoms. The minimum absolute atomic E-state index is 0.264. The molecule has 0 saturated heterocycles. The smallest absolute Gasteiger partial charge is 0.113 e. The maximum absolute atomic E-state index is 6.02. The Morgan fingerprint density at radius 2 is 2.16 bits per heavy atom. The molecule has 1 unspecified atom stereocenters. The van der Waals surface area contributed by atoms with Crippen LogP contribution >= 0.6 is 11.8 Å². The van der Waals surface area contributed by atoms with Crippen LogP contribution in [0.5, 0.6) is 0 Å². The lowest BCUT2D eigenvalue weighted by Crippen LogP contribution is -2.21. The quantitative estimate of drug-likeness (QED) is 0.805. The number of furan rings is 1. The minimum atomic E-state index is 0.264. The molecule has 0 saturated carbocycles. The van der Waals surface area contributed by atoms with Crippen molar-refractivity contribution < 1.29 is 4.42 Å². The molecule has 0 fully saturated rings. The molecule has 1 aromatic heterocycles. The molecule has 1 heterocycles. The van der Waals surface area contributed by atoms with Gasteiger partial charge in [0.25, 0.3) is 0 Å². The standard InChI is InChI=1S/C16H21NOS/c1-3-14(17)10-13-6-7-16(9-12(13)2)19-11-15-5-4-8-18-15/h4-9,14H,3,10-11,17H2,1-2H3. The van der Waals surface area contributed by atoms with Crippen LogP contribution in [0.1, 0.15) is 30.2 Å². The summed E-state index contributed by atoms with van der Waals surface area (Å²) in [7, 11) is 0. The van der Waals surface area contributed by atoms with Crippen LogP contribution < -0.4 is 5.73 Å². The van der Waals surface area contributed by atoms with Gasteiger partial charge in [-0.15, -0.1) is 11.8 Å². The molecule has 19 heavy (non-hydrogen) atoms. The maximum Gasteiger partial charge on any atom is 0.113 e. The zero-order chi connectivity index (χ0) is 13.7. The molecule has 3 heteroatoms. The van der Waals surface area contributed by atoms with Crippen LogP contribution in [-0.2, 0) is 12.2 Å². The van der Waals surface area contributed by atoms with Crippen molar-refractivity contribution in [3.63, 3.8) is 0 Å². The second-order valence-corrected chi connectivity index (χ2v) is 5.88. The van der Waals surface area contributed by atoms with Crippen LogP contribution in [0.4, 0.5) is 0 Å². The Labute approximate surface area is 119 Å². The topological polar surface area (TPSA) is 39.2 Å². The molecular formula is C16H21NOS. The van der Waals surface area contributed by atoms with E-state index in [9.17, 15) is 0 Å². The first-order chi connectivity index (χ1) is 9.19. The van der Waals surface area contributed by atoms with Gasteiger partial charge in [-0.1, -0.05) is 13.0 Å². The van der Waals surface area contributed by atoms with Gasteiger partial charge in [0.2, 0.25) is 0 Å². The van der Waals surface area contributed by atoms with Gasteiger partial charge >= 0.3 is 0 Å². The summed E-state index contributed by atoms with van der Waals surface area (Å²) in [4.78, 5) is 1.28. The third-order valence-corrected chi connectivity index (χ3v) is 4.30. The van der Waals surface area contributed by atoms with E-state index in [0.29, 0.717) is 0 Å². The summed E-state index contributed by atoms with van der Waals surface area (Å²) in [6, 6.07) is 10.8. The van der Waals surface area contributed by atoms with Crippen LogP contribution in [0.3, 0.4) is 0 Å². The molecule has 2 N–H and O–H groups in total. The lowest BCUT2D eigenvalue weighted by molar-refractivity contribution is 0.530. The van der Waals surface area contributed by atoms with E-state index >= 15 is 0 Å². The number of hydrogen-bond donors (Lipinski definition) is 1. The van der Waals surface area contributed by atoms with Crippen molar-refractivity contribution in [3.05, 3.63) is 53.5 Å². The van der Waals surface area contributed by atoms with Gasteiger partial charge in [-0.2, -0.15) is 0 Å². The van der Waals surface area contributed by atoms with Crippen LogP contribution in [0.15, 0.2) is 45.9 Å². The number of aryl methyl sites for hydroxylation is 1. The third-order valence-electron chi connectivity index (χ3n) is 3.28. The summed E-state index contributed by atoms with van der Waals surface area (Å²) in [5.74, 6) is 1.89. The van der Waals surface area contributed by atoms with E-state index in [0.717, 1.165) is 24.4 Å². The summed E-state index contributed by atoms with van der Waals surface area (Å²) < 4.78 is 5.34. The Morgan fingerprint density at radius 1 is 1.32 bits per heavy atom. The Kier molecular flexibility index (Phi) is 5.11. The van der Waals surface area contributed by atoms with Gasteiger partial charge in [0, 0.05) is 10.9 Å². The van der Waals surface area contributed by atoms with Gasteiger partial charge in [-0.05, 0) is 55.2 Å². The first-order valence-corrected chi connectivity index (χ1v) is 7.68. The second kappa shape index (κ2) is 6.83. The fourth-order valence-electron chi connectivity index (χ4n) is 1.96. The molecule has 0 aliphatic rings. The van der Waals surface area contributed by atoms with E-state index in [4.69, 9.17) is 10.2 Å². The largest absolute Gasteiger partial charge is 0.468 e. The number of thioether (sulfide) groups is 1. The molecule has 1 aromatic carbocycles. The van der Waals surface area contributed by atoms with Crippen molar-refractivity contribution in [2.45, 2.75) is 43.4 Å². The zero-order valence-electron chi connectivity index (χ0n) is 11.6. The average molecular weight is 275 g/mol. The normalized spacial score (nSPS) is 12.6. The van der Waals surface area contributed by atoms with E-state index < -0.39 is 0 Å². The highest BCUT2D eigenvalue weighted by molar-refractivity contribution is 7.98. The number of nitrogens with two attached hydrogens (primary N) is 1. The SMILES string of the molecule is CCC(N)Cc1ccc(SCc2ccco2)cc1C. The highest BCUT2D eigenvalue weighted by atomic mass is 32.2. The Hall–Kier alpha value is -1.19. The molecule has 1 atom stereocenters. The Morgan fingerprint density at radius 3 is 2.79 bits per heavy atom. The lowest BCUT2D eigenvalue weighted by atomic mass is 10.0. The van der Waals surface area contributed by atoms with Gasteiger partial charge in [0.05, 0.1) is 12.0 Å². The molecule has 2 aromatic rings. The van der Waals surface area contributed by atoms with Crippen molar-refractivity contribution in [2.24, 2.45) is 5.73 Å². The van der Waals surface area contributed by atoms with E-state index in [-0.39, 0.29) is 6.04 Å². The van der Waals surface area contributed by atoms with Crippen molar-refractivity contribution in [1.82, 2.24) is 0 Å². The summed E-state index contributed by atoms with van der Waals surface area (Å²) >= 11 is 1.80. The predicted molar refractivity (Wildman–Crippen MR) is 81.4 cm³/mol. The van der Waals surface area contributed by atoms with E-state index in [1.807, 2.05) is 12.1 Å². The molecule has 2 nitrogen and oxygen atoms in total. The summed E-state index contributed by atoms with van der Waals surface area (Å²) in [6.07, 6.45) is 3.70. The number of benzene rings is 1. The highest BCUT2D eigenvalue weighted by Gasteiger charge is 2.06. The average Bonchev–Trinajstić information content (AvgIpc) is 2.92. The van der Waals surface area contributed by atoms with Crippen molar-refractivity contribution in [3.8, 4) is 0 Å². The van der Waals surface area contributed by atoms with Crippen LogP contribution in [0.25, 0.3) is 0 Å². The molecule has 0 aliphatic heterocycles. The van der Waals surface area contributed by atoms with Crippen LogP contribution in [-0.4, -0.2) is 6.04 Å². The highest BCUT2D eigenvalue weighted by Crippen LogP contribution is 2.25. The fourth-order valence-corrected chi connectivity index (χ4v) is 2.86. The third kappa shape index (κ3) is 4.15.